The van der Waals surface area contributed by atoms with Crippen LogP contribution in [-0.4, -0.2) is 32.8 Å². The van der Waals surface area contributed by atoms with Gasteiger partial charge in [-0.3, -0.25) is 0 Å². The summed E-state index contributed by atoms with van der Waals surface area (Å²) in [4.78, 5) is 14.4. The topological polar surface area (TPSA) is 53.6 Å². The maximum atomic E-state index is 12.1. The summed E-state index contributed by atoms with van der Waals surface area (Å²) in [6.45, 7) is 2.96. The van der Waals surface area contributed by atoms with Crippen LogP contribution in [0.5, 0.6) is 5.75 Å². The summed E-state index contributed by atoms with van der Waals surface area (Å²) in [5.74, 6) is 1.29. The number of amides is 2. The summed E-state index contributed by atoms with van der Waals surface area (Å²) in [5.41, 5.74) is 2.05. The van der Waals surface area contributed by atoms with Crippen LogP contribution in [0, 0.1) is 5.92 Å². The number of ether oxygens (including phenoxy) is 1. The van der Waals surface area contributed by atoms with Gasteiger partial charge in [-0.15, -0.1) is 0 Å². The van der Waals surface area contributed by atoms with Crippen molar-refractivity contribution in [2.45, 2.75) is 13.0 Å². The highest BCUT2D eigenvalue weighted by molar-refractivity contribution is 9.10. The molecule has 27 heavy (non-hydrogen) atoms. The summed E-state index contributed by atoms with van der Waals surface area (Å²) < 4.78 is 6.21. The van der Waals surface area contributed by atoms with Gasteiger partial charge in [0, 0.05) is 47.4 Å². The van der Waals surface area contributed by atoms with E-state index >= 15 is 0 Å². The number of anilines is 1. The first-order valence-electron chi connectivity index (χ1n) is 8.90. The molecule has 1 aliphatic rings. The molecule has 2 aromatic carbocycles. The number of methoxy groups -OCH3 is 1. The Kier molecular flexibility index (Phi) is 6.85. The van der Waals surface area contributed by atoms with Crippen molar-refractivity contribution in [1.29, 1.82) is 0 Å². The summed E-state index contributed by atoms with van der Waals surface area (Å²) in [7, 11) is 1.68. The van der Waals surface area contributed by atoms with E-state index in [1.54, 1.807) is 7.11 Å². The summed E-state index contributed by atoms with van der Waals surface area (Å²) >= 11 is 9.55. The van der Waals surface area contributed by atoms with Crippen molar-refractivity contribution < 1.29 is 9.53 Å². The van der Waals surface area contributed by atoms with Crippen LogP contribution in [0.2, 0.25) is 5.02 Å². The fraction of sp³-hybridized carbons (Fsp3) is 0.350. The van der Waals surface area contributed by atoms with E-state index in [0.29, 0.717) is 24.0 Å². The SMILES string of the molecule is COc1cccc(N2CCC(CNC(=O)NCc3ccc(Br)cc3Cl)C2)c1. The number of nitrogens with one attached hydrogen (secondary N) is 2. The van der Waals surface area contributed by atoms with Crippen molar-refractivity contribution in [2.24, 2.45) is 5.92 Å². The molecule has 1 aliphatic heterocycles. The van der Waals surface area contributed by atoms with E-state index in [4.69, 9.17) is 16.3 Å². The molecule has 0 radical (unpaired) electrons. The van der Waals surface area contributed by atoms with Crippen LogP contribution in [0.3, 0.4) is 0 Å². The Hall–Kier alpha value is -1.92. The summed E-state index contributed by atoms with van der Waals surface area (Å²) in [6, 6.07) is 13.5. The van der Waals surface area contributed by atoms with Crippen molar-refractivity contribution in [3.8, 4) is 5.75 Å². The molecular formula is C20H23BrClN3O2. The fourth-order valence-electron chi connectivity index (χ4n) is 3.18. The van der Waals surface area contributed by atoms with Crippen molar-refractivity contribution >= 4 is 39.2 Å². The minimum Gasteiger partial charge on any atom is -0.497 e. The van der Waals surface area contributed by atoms with Gasteiger partial charge >= 0.3 is 6.03 Å². The molecule has 1 atom stereocenters. The zero-order chi connectivity index (χ0) is 19.2. The molecule has 0 bridgehead atoms. The zero-order valence-electron chi connectivity index (χ0n) is 15.2. The van der Waals surface area contributed by atoms with Crippen LogP contribution in [0.15, 0.2) is 46.9 Å². The zero-order valence-corrected chi connectivity index (χ0v) is 17.5. The second kappa shape index (κ2) is 9.33. The monoisotopic (exact) mass is 451 g/mol. The molecular weight excluding hydrogens is 430 g/mol. The minimum atomic E-state index is -0.172. The highest BCUT2D eigenvalue weighted by Crippen LogP contribution is 2.26. The quantitative estimate of drug-likeness (QED) is 0.681. The lowest BCUT2D eigenvalue weighted by molar-refractivity contribution is 0.239. The van der Waals surface area contributed by atoms with Gasteiger partial charge in [-0.05, 0) is 42.2 Å². The van der Waals surface area contributed by atoms with Gasteiger partial charge in [0.15, 0.2) is 0 Å². The van der Waals surface area contributed by atoms with E-state index in [2.05, 4.69) is 37.5 Å². The van der Waals surface area contributed by atoms with Gasteiger partial charge < -0.3 is 20.3 Å². The molecule has 144 valence electrons. The third-order valence-corrected chi connectivity index (χ3v) is 5.56. The van der Waals surface area contributed by atoms with E-state index in [1.165, 1.54) is 0 Å². The predicted molar refractivity (Wildman–Crippen MR) is 113 cm³/mol. The number of halogens is 2. The molecule has 1 fully saturated rings. The third kappa shape index (κ3) is 5.53. The fourth-order valence-corrected chi connectivity index (χ4v) is 3.92. The van der Waals surface area contributed by atoms with E-state index in [-0.39, 0.29) is 6.03 Å². The molecule has 2 amide bonds. The number of carbonyl (C=O) groups excluding carboxylic acids is 1. The average Bonchev–Trinajstić information content (AvgIpc) is 3.15. The Balaban J connectivity index is 1.43. The highest BCUT2D eigenvalue weighted by atomic mass is 79.9. The van der Waals surface area contributed by atoms with Crippen LogP contribution >= 0.6 is 27.5 Å². The van der Waals surface area contributed by atoms with Gasteiger partial charge in [0.2, 0.25) is 0 Å². The van der Waals surface area contributed by atoms with Gasteiger partial charge in [-0.25, -0.2) is 4.79 Å². The molecule has 1 heterocycles. The predicted octanol–water partition coefficient (Wildman–Crippen LogP) is 4.44. The molecule has 2 N–H and O–H groups in total. The number of benzene rings is 2. The number of hydrogen-bond donors (Lipinski definition) is 2. The Morgan fingerprint density at radius 1 is 1.30 bits per heavy atom. The molecule has 0 spiro atoms. The standard InChI is InChI=1S/C20H23BrClN3O2/c1-27-18-4-2-3-17(10-18)25-8-7-14(13-25)11-23-20(26)24-12-15-5-6-16(21)9-19(15)22/h2-6,9-10,14H,7-8,11-13H2,1H3,(H2,23,24,26). The molecule has 1 unspecified atom stereocenters. The van der Waals surface area contributed by atoms with Crippen molar-refractivity contribution in [1.82, 2.24) is 10.6 Å². The number of hydrogen-bond acceptors (Lipinski definition) is 3. The first-order chi connectivity index (χ1) is 13.0. The lowest BCUT2D eigenvalue weighted by Crippen LogP contribution is -2.38. The van der Waals surface area contributed by atoms with Gasteiger partial charge in [0.05, 0.1) is 7.11 Å². The third-order valence-electron chi connectivity index (χ3n) is 4.71. The molecule has 0 aliphatic carbocycles. The number of rotatable bonds is 6. The molecule has 2 aromatic rings. The molecule has 0 saturated carbocycles. The maximum Gasteiger partial charge on any atom is 0.315 e. The molecule has 7 heteroatoms. The number of carbonyl (C=O) groups is 1. The van der Waals surface area contributed by atoms with Gasteiger partial charge in [-0.1, -0.05) is 39.7 Å². The Labute approximate surface area is 173 Å². The normalized spacial score (nSPS) is 16.3. The Morgan fingerprint density at radius 3 is 2.93 bits per heavy atom. The van der Waals surface area contributed by atoms with Crippen LogP contribution < -0.4 is 20.3 Å². The molecule has 1 saturated heterocycles. The summed E-state index contributed by atoms with van der Waals surface area (Å²) in [5, 5.41) is 6.46. The van der Waals surface area contributed by atoms with Gasteiger partial charge in [-0.2, -0.15) is 0 Å². The molecule has 3 rings (SSSR count). The summed E-state index contributed by atoms with van der Waals surface area (Å²) in [6.07, 6.45) is 1.05. The van der Waals surface area contributed by atoms with E-state index < -0.39 is 0 Å². The smallest absolute Gasteiger partial charge is 0.315 e. The van der Waals surface area contributed by atoms with Crippen LogP contribution in [0.4, 0.5) is 10.5 Å². The second-order valence-corrected chi connectivity index (χ2v) is 7.92. The van der Waals surface area contributed by atoms with Gasteiger partial charge in [0.1, 0.15) is 5.75 Å². The first kappa shape index (κ1) is 19.8. The van der Waals surface area contributed by atoms with Crippen molar-refractivity contribution in [2.75, 3.05) is 31.6 Å². The van der Waals surface area contributed by atoms with Crippen LogP contribution in [0.1, 0.15) is 12.0 Å². The second-order valence-electron chi connectivity index (χ2n) is 6.60. The molecule has 0 aromatic heterocycles. The van der Waals surface area contributed by atoms with E-state index in [1.807, 2.05) is 36.4 Å². The lowest BCUT2D eigenvalue weighted by atomic mass is 10.1. The number of urea groups is 1. The van der Waals surface area contributed by atoms with Gasteiger partial charge in [0.25, 0.3) is 0 Å². The van der Waals surface area contributed by atoms with E-state index in [9.17, 15) is 4.79 Å². The van der Waals surface area contributed by atoms with E-state index in [0.717, 1.165) is 41.0 Å². The Morgan fingerprint density at radius 2 is 2.15 bits per heavy atom. The van der Waals surface area contributed by atoms with Crippen LogP contribution in [-0.2, 0) is 6.54 Å². The average molecular weight is 453 g/mol. The highest BCUT2D eigenvalue weighted by Gasteiger charge is 2.23. The van der Waals surface area contributed by atoms with Crippen LogP contribution in [0.25, 0.3) is 0 Å². The lowest BCUT2D eigenvalue weighted by Gasteiger charge is -2.19. The number of nitrogens with zero attached hydrogens (tertiary/aromatic N) is 1. The molecule has 5 nitrogen and oxygen atoms in total. The van der Waals surface area contributed by atoms with Crippen molar-refractivity contribution in [3.05, 3.63) is 57.5 Å². The first-order valence-corrected chi connectivity index (χ1v) is 10.1. The largest absolute Gasteiger partial charge is 0.497 e. The van der Waals surface area contributed by atoms with Crippen molar-refractivity contribution in [3.63, 3.8) is 0 Å². The minimum absolute atomic E-state index is 0.172. The Bertz CT molecular complexity index is 803. The maximum absolute atomic E-state index is 12.1.